The molecule has 0 spiro atoms. The Bertz CT molecular complexity index is 639. The van der Waals surface area contributed by atoms with Crippen molar-refractivity contribution >= 4 is 34.1 Å². The number of hydrogen-bond donors (Lipinski definition) is 2. The number of nitrogens with two attached hydrogens (primary N) is 1. The van der Waals surface area contributed by atoms with Gasteiger partial charge in [0.25, 0.3) is 0 Å². The number of rotatable bonds is 1. The summed E-state index contributed by atoms with van der Waals surface area (Å²) in [5.74, 6) is 0.562. The maximum absolute atomic E-state index is 6.13. The number of amidine groups is 1. The third-order valence-electron chi connectivity index (χ3n) is 2.87. The van der Waals surface area contributed by atoms with Crippen LogP contribution in [0.3, 0.4) is 0 Å². The standard InChI is InChI=1S/C14H13N3S/c1-9-13(12-7-4-8-18-12)14(15)17-11-6-3-2-5-10(11)16-9/h2-8,16H,1H3,(H2,15,17). The first-order chi connectivity index (χ1) is 8.75. The van der Waals surface area contributed by atoms with Crippen LogP contribution in [0.15, 0.2) is 52.5 Å². The Labute approximate surface area is 110 Å². The molecule has 3 N–H and O–H groups in total. The fourth-order valence-electron chi connectivity index (χ4n) is 2.05. The minimum atomic E-state index is 0.562. The molecule has 1 aliphatic rings. The Morgan fingerprint density at radius 3 is 2.78 bits per heavy atom. The molecule has 0 atom stereocenters. The molecule has 0 saturated carbocycles. The second-order valence-electron chi connectivity index (χ2n) is 4.12. The van der Waals surface area contributed by atoms with Crippen LogP contribution in [0.5, 0.6) is 0 Å². The zero-order valence-corrected chi connectivity index (χ0v) is 10.8. The second-order valence-corrected chi connectivity index (χ2v) is 5.06. The fourth-order valence-corrected chi connectivity index (χ4v) is 2.89. The van der Waals surface area contributed by atoms with E-state index < -0.39 is 0 Å². The van der Waals surface area contributed by atoms with Gasteiger partial charge in [-0.3, -0.25) is 0 Å². The Hall–Kier alpha value is -2.07. The number of thiophene rings is 1. The molecular weight excluding hydrogens is 242 g/mol. The van der Waals surface area contributed by atoms with E-state index in [0.29, 0.717) is 5.84 Å². The van der Waals surface area contributed by atoms with E-state index in [1.807, 2.05) is 42.6 Å². The number of hydrogen-bond acceptors (Lipinski definition) is 4. The lowest BCUT2D eigenvalue weighted by atomic mass is 10.1. The lowest BCUT2D eigenvalue weighted by Gasteiger charge is -2.09. The van der Waals surface area contributed by atoms with Crippen LogP contribution in [0.4, 0.5) is 11.4 Å². The van der Waals surface area contributed by atoms with Gasteiger partial charge in [-0.05, 0) is 30.5 Å². The summed E-state index contributed by atoms with van der Waals surface area (Å²) in [6.07, 6.45) is 0. The van der Waals surface area contributed by atoms with Gasteiger partial charge in [0.1, 0.15) is 5.84 Å². The maximum atomic E-state index is 6.13. The van der Waals surface area contributed by atoms with Crippen molar-refractivity contribution in [1.29, 1.82) is 0 Å². The molecule has 0 fully saturated rings. The van der Waals surface area contributed by atoms with Gasteiger partial charge in [0.2, 0.25) is 0 Å². The zero-order valence-electron chi connectivity index (χ0n) is 9.97. The summed E-state index contributed by atoms with van der Waals surface area (Å²) < 4.78 is 0. The number of aliphatic imine (C=N–C) groups is 1. The molecule has 0 radical (unpaired) electrons. The fraction of sp³-hybridized carbons (Fsp3) is 0.0714. The van der Waals surface area contributed by atoms with E-state index in [2.05, 4.69) is 16.4 Å². The summed E-state index contributed by atoms with van der Waals surface area (Å²) >= 11 is 1.67. The van der Waals surface area contributed by atoms with E-state index in [-0.39, 0.29) is 0 Å². The van der Waals surface area contributed by atoms with Gasteiger partial charge >= 0.3 is 0 Å². The molecule has 0 amide bonds. The summed E-state index contributed by atoms with van der Waals surface area (Å²) in [4.78, 5) is 5.64. The van der Waals surface area contributed by atoms with E-state index in [4.69, 9.17) is 5.73 Å². The highest BCUT2D eigenvalue weighted by atomic mass is 32.1. The Balaban J connectivity index is 2.17. The van der Waals surface area contributed by atoms with Crippen molar-refractivity contribution in [2.45, 2.75) is 6.92 Å². The van der Waals surface area contributed by atoms with E-state index >= 15 is 0 Å². The van der Waals surface area contributed by atoms with Gasteiger partial charge in [-0.25, -0.2) is 4.99 Å². The first-order valence-electron chi connectivity index (χ1n) is 5.71. The van der Waals surface area contributed by atoms with E-state index in [0.717, 1.165) is 27.5 Å². The van der Waals surface area contributed by atoms with Crippen molar-refractivity contribution in [2.75, 3.05) is 5.32 Å². The molecule has 0 unspecified atom stereocenters. The number of benzene rings is 1. The molecule has 2 heterocycles. The second kappa shape index (κ2) is 4.31. The molecule has 1 aromatic carbocycles. The minimum Gasteiger partial charge on any atom is -0.383 e. The monoisotopic (exact) mass is 255 g/mol. The smallest absolute Gasteiger partial charge is 0.134 e. The Morgan fingerprint density at radius 2 is 2.00 bits per heavy atom. The van der Waals surface area contributed by atoms with Crippen LogP contribution in [0.1, 0.15) is 11.8 Å². The number of allylic oxidation sites excluding steroid dienone is 1. The third kappa shape index (κ3) is 1.80. The highest BCUT2D eigenvalue weighted by Crippen LogP contribution is 2.33. The normalized spacial score (nSPS) is 14.6. The van der Waals surface area contributed by atoms with Crippen LogP contribution < -0.4 is 11.1 Å². The van der Waals surface area contributed by atoms with E-state index in [9.17, 15) is 0 Å². The van der Waals surface area contributed by atoms with Gasteiger partial charge in [0.15, 0.2) is 0 Å². The Morgan fingerprint density at radius 1 is 1.17 bits per heavy atom. The van der Waals surface area contributed by atoms with Crippen LogP contribution in [0.25, 0.3) is 5.57 Å². The Kier molecular flexibility index (Phi) is 2.64. The average Bonchev–Trinajstić information content (AvgIpc) is 2.81. The van der Waals surface area contributed by atoms with Gasteiger partial charge in [-0.2, -0.15) is 0 Å². The highest BCUT2D eigenvalue weighted by Gasteiger charge is 2.16. The SMILES string of the molecule is CC1=C(c2cccs2)C(N)=Nc2ccccc2N1. The predicted molar refractivity (Wildman–Crippen MR) is 78.3 cm³/mol. The third-order valence-corrected chi connectivity index (χ3v) is 3.75. The molecule has 1 aromatic heterocycles. The first-order valence-corrected chi connectivity index (χ1v) is 6.59. The van der Waals surface area contributed by atoms with E-state index in [1.54, 1.807) is 11.3 Å². The van der Waals surface area contributed by atoms with Crippen molar-refractivity contribution in [3.8, 4) is 0 Å². The molecule has 1 aliphatic heterocycles. The number of fused-ring (bicyclic) bond motifs is 1. The molecular formula is C14H13N3S. The highest BCUT2D eigenvalue weighted by molar-refractivity contribution is 7.11. The average molecular weight is 255 g/mol. The van der Waals surface area contributed by atoms with Crippen molar-refractivity contribution in [3.05, 3.63) is 52.4 Å². The molecule has 4 heteroatoms. The summed E-state index contributed by atoms with van der Waals surface area (Å²) in [6.45, 7) is 2.03. The number of nitrogens with one attached hydrogen (secondary N) is 1. The first kappa shape index (κ1) is 11.0. The molecule has 0 bridgehead atoms. The number of anilines is 1. The van der Waals surface area contributed by atoms with Crippen molar-refractivity contribution < 1.29 is 0 Å². The molecule has 90 valence electrons. The zero-order chi connectivity index (χ0) is 12.5. The molecule has 2 aromatic rings. The van der Waals surface area contributed by atoms with Crippen LogP contribution >= 0.6 is 11.3 Å². The van der Waals surface area contributed by atoms with Gasteiger partial charge in [-0.1, -0.05) is 18.2 Å². The minimum absolute atomic E-state index is 0.562. The number of nitrogens with zero attached hydrogens (tertiary/aromatic N) is 1. The van der Waals surface area contributed by atoms with Gasteiger partial charge in [0.05, 0.1) is 16.9 Å². The molecule has 0 aliphatic carbocycles. The van der Waals surface area contributed by atoms with Crippen LogP contribution in [-0.4, -0.2) is 5.84 Å². The van der Waals surface area contributed by atoms with Crippen LogP contribution in [0.2, 0.25) is 0 Å². The molecule has 3 nitrogen and oxygen atoms in total. The summed E-state index contributed by atoms with van der Waals surface area (Å²) in [5.41, 5.74) is 10.0. The lowest BCUT2D eigenvalue weighted by Crippen LogP contribution is -2.14. The van der Waals surface area contributed by atoms with Gasteiger partial charge < -0.3 is 11.1 Å². The van der Waals surface area contributed by atoms with E-state index in [1.165, 1.54) is 0 Å². The van der Waals surface area contributed by atoms with Gasteiger partial charge in [-0.15, -0.1) is 11.3 Å². The molecule has 18 heavy (non-hydrogen) atoms. The van der Waals surface area contributed by atoms with Crippen molar-refractivity contribution in [1.82, 2.24) is 0 Å². The topological polar surface area (TPSA) is 50.4 Å². The van der Waals surface area contributed by atoms with Crippen LogP contribution in [0, 0.1) is 0 Å². The predicted octanol–water partition coefficient (Wildman–Crippen LogP) is 3.59. The van der Waals surface area contributed by atoms with Gasteiger partial charge in [0, 0.05) is 10.6 Å². The molecule has 3 rings (SSSR count). The quantitative estimate of drug-likeness (QED) is 0.818. The maximum Gasteiger partial charge on any atom is 0.134 e. The summed E-state index contributed by atoms with van der Waals surface area (Å²) in [5, 5.41) is 5.43. The van der Waals surface area contributed by atoms with Crippen molar-refractivity contribution in [3.63, 3.8) is 0 Å². The largest absolute Gasteiger partial charge is 0.383 e. The summed E-state index contributed by atoms with van der Waals surface area (Å²) in [6, 6.07) is 12.0. The summed E-state index contributed by atoms with van der Waals surface area (Å²) in [7, 11) is 0. The van der Waals surface area contributed by atoms with Crippen LogP contribution in [-0.2, 0) is 0 Å². The lowest BCUT2D eigenvalue weighted by molar-refractivity contribution is 1.39. The number of para-hydroxylation sites is 2. The van der Waals surface area contributed by atoms with Crippen molar-refractivity contribution in [2.24, 2.45) is 10.7 Å². The molecule has 0 saturated heterocycles.